The maximum absolute atomic E-state index is 15.2. The topological polar surface area (TPSA) is 57.7 Å². The molecule has 1 amide bonds. The number of hydrogen-bond donors (Lipinski definition) is 0. The number of halogens is 1. The van der Waals surface area contributed by atoms with Gasteiger partial charge in [-0.05, 0) is 18.4 Å². The van der Waals surface area contributed by atoms with E-state index in [2.05, 4.69) is 0 Å². The molecule has 7 heteroatoms. The average Bonchev–Trinajstić information content (AvgIpc) is 2.98. The van der Waals surface area contributed by atoms with E-state index in [1.807, 2.05) is 6.07 Å². The standard InChI is InChI=1S/C17H23FN2O3S/c1-24(22,23)20-11-6-5-9-15(20)16(21)19-12-10-17(18,13-19)14-7-3-2-4-8-14/h2-4,7-8,15H,5-6,9-13H2,1H3. The van der Waals surface area contributed by atoms with E-state index in [4.69, 9.17) is 0 Å². The van der Waals surface area contributed by atoms with E-state index >= 15 is 4.39 Å². The van der Waals surface area contributed by atoms with Crippen molar-refractivity contribution in [1.29, 1.82) is 0 Å². The van der Waals surface area contributed by atoms with Crippen LogP contribution in [0.15, 0.2) is 30.3 Å². The van der Waals surface area contributed by atoms with Crippen LogP contribution >= 0.6 is 0 Å². The summed E-state index contributed by atoms with van der Waals surface area (Å²) in [5, 5.41) is 0. The van der Waals surface area contributed by atoms with Gasteiger partial charge in [-0.2, -0.15) is 4.31 Å². The van der Waals surface area contributed by atoms with Crippen LogP contribution in [0.5, 0.6) is 0 Å². The van der Waals surface area contributed by atoms with Crippen molar-refractivity contribution in [2.45, 2.75) is 37.4 Å². The minimum atomic E-state index is -3.44. The Morgan fingerprint density at radius 1 is 1.21 bits per heavy atom. The highest BCUT2D eigenvalue weighted by Gasteiger charge is 2.45. The van der Waals surface area contributed by atoms with Crippen molar-refractivity contribution in [2.24, 2.45) is 0 Å². The Bertz CT molecular complexity index is 710. The van der Waals surface area contributed by atoms with Crippen LogP contribution in [0.4, 0.5) is 4.39 Å². The van der Waals surface area contributed by atoms with Gasteiger partial charge in [-0.1, -0.05) is 36.8 Å². The van der Waals surface area contributed by atoms with Crippen molar-refractivity contribution in [3.8, 4) is 0 Å². The first kappa shape index (κ1) is 17.4. The Kier molecular flexibility index (Phi) is 4.66. The van der Waals surface area contributed by atoms with Crippen molar-refractivity contribution < 1.29 is 17.6 Å². The zero-order valence-corrected chi connectivity index (χ0v) is 14.6. The summed E-state index contributed by atoms with van der Waals surface area (Å²) in [5.74, 6) is -0.268. The van der Waals surface area contributed by atoms with Gasteiger partial charge >= 0.3 is 0 Å². The zero-order chi connectivity index (χ0) is 17.4. The summed E-state index contributed by atoms with van der Waals surface area (Å²) in [4.78, 5) is 14.3. The largest absolute Gasteiger partial charge is 0.338 e. The fourth-order valence-electron chi connectivity index (χ4n) is 3.69. The predicted molar refractivity (Wildman–Crippen MR) is 89.6 cm³/mol. The molecule has 1 aromatic carbocycles. The van der Waals surface area contributed by atoms with Gasteiger partial charge in [0.1, 0.15) is 6.04 Å². The van der Waals surface area contributed by atoms with Crippen LogP contribution in [-0.4, -0.2) is 55.5 Å². The number of sulfonamides is 1. The van der Waals surface area contributed by atoms with Gasteiger partial charge in [-0.25, -0.2) is 12.8 Å². The molecule has 2 unspecified atom stereocenters. The zero-order valence-electron chi connectivity index (χ0n) is 13.8. The number of piperidine rings is 1. The normalized spacial score (nSPS) is 28.9. The van der Waals surface area contributed by atoms with E-state index in [1.54, 1.807) is 24.3 Å². The van der Waals surface area contributed by atoms with Gasteiger partial charge < -0.3 is 4.90 Å². The van der Waals surface area contributed by atoms with E-state index < -0.39 is 21.7 Å². The molecule has 2 fully saturated rings. The first-order chi connectivity index (χ1) is 11.3. The Balaban J connectivity index is 1.76. The SMILES string of the molecule is CS(=O)(=O)N1CCCCC1C(=O)N1CCC(F)(c2ccccc2)C1. The number of amides is 1. The van der Waals surface area contributed by atoms with Gasteiger partial charge in [-0.3, -0.25) is 4.79 Å². The molecule has 24 heavy (non-hydrogen) atoms. The van der Waals surface area contributed by atoms with E-state index in [9.17, 15) is 13.2 Å². The second-order valence-corrected chi connectivity index (χ2v) is 8.66. The van der Waals surface area contributed by atoms with Gasteiger partial charge in [0.15, 0.2) is 5.67 Å². The third kappa shape index (κ3) is 3.32. The summed E-state index contributed by atoms with van der Waals surface area (Å²) in [6.07, 6.45) is 3.46. The lowest BCUT2D eigenvalue weighted by atomic mass is 9.95. The van der Waals surface area contributed by atoms with Gasteiger partial charge in [0.2, 0.25) is 15.9 Å². The minimum absolute atomic E-state index is 0.00997. The molecule has 0 bridgehead atoms. The lowest BCUT2D eigenvalue weighted by Gasteiger charge is -2.35. The summed E-state index contributed by atoms with van der Waals surface area (Å²) >= 11 is 0. The summed E-state index contributed by atoms with van der Waals surface area (Å²) in [6.45, 7) is 0.671. The molecule has 2 heterocycles. The molecular formula is C17H23FN2O3S. The predicted octanol–water partition coefficient (Wildman–Crippen LogP) is 1.90. The fraction of sp³-hybridized carbons (Fsp3) is 0.588. The second-order valence-electron chi connectivity index (χ2n) is 6.73. The maximum atomic E-state index is 15.2. The second kappa shape index (κ2) is 6.44. The summed E-state index contributed by atoms with van der Waals surface area (Å²) < 4.78 is 40.4. The molecule has 3 rings (SSSR count). The van der Waals surface area contributed by atoms with E-state index in [-0.39, 0.29) is 18.9 Å². The monoisotopic (exact) mass is 354 g/mol. The number of carbonyl (C=O) groups excluding carboxylic acids is 1. The van der Waals surface area contributed by atoms with Gasteiger partial charge in [0.25, 0.3) is 0 Å². The lowest BCUT2D eigenvalue weighted by molar-refractivity contribution is -0.135. The number of benzene rings is 1. The Morgan fingerprint density at radius 3 is 2.58 bits per heavy atom. The molecule has 0 saturated carbocycles. The molecule has 0 aliphatic carbocycles. The Hall–Kier alpha value is -1.47. The summed E-state index contributed by atoms with van der Waals surface area (Å²) in [5.41, 5.74) is -0.981. The minimum Gasteiger partial charge on any atom is -0.338 e. The molecule has 0 N–H and O–H groups in total. The van der Waals surface area contributed by atoms with Crippen LogP contribution in [0, 0.1) is 0 Å². The van der Waals surface area contributed by atoms with Crippen LogP contribution in [0.2, 0.25) is 0 Å². The van der Waals surface area contributed by atoms with Crippen molar-refractivity contribution in [1.82, 2.24) is 9.21 Å². The lowest BCUT2D eigenvalue weighted by Crippen LogP contribution is -2.52. The summed E-state index contributed by atoms with van der Waals surface area (Å²) in [6, 6.07) is 8.18. The van der Waals surface area contributed by atoms with Crippen molar-refractivity contribution in [2.75, 3.05) is 25.9 Å². The number of alkyl halides is 1. The molecule has 0 aromatic heterocycles. The van der Waals surface area contributed by atoms with Crippen LogP contribution in [-0.2, 0) is 20.5 Å². The van der Waals surface area contributed by atoms with Gasteiger partial charge in [-0.15, -0.1) is 0 Å². The van der Waals surface area contributed by atoms with Crippen molar-refractivity contribution in [3.05, 3.63) is 35.9 Å². The van der Waals surface area contributed by atoms with E-state index in [1.165, 1.54) is 9.21 Å². The highest BCUT2D eigenvalue weighted by Crippen LogP contribution is 2.37. The Morgan fingerprint density at radius 2 is 1.92 bits per heavy atom. The number of rotatable bonds is 3. The first-order valence-electron chi connectivity index (χ1n) is 8.31. The molecule has 2 aliphatic rings. The summed E-state index contributed by atoms with van der Waals surface area (Å²) in [7, 11) is -3.44. The molecule has 2 saturated heterocycles. The van der Waals surface area contributed by atoms with Crippen molar-refractivity contribution >= 4 is 15.9 Å². The highest BCUT2D eigenvalue weighted by atomic mass is 32.2. The third-order valence-corrected chi connectivity index (χ3v) is 6.28. The Labute approximate surface area is 142 Å². The third-order valence-electron chi connectivity index (χ3n) is 4.99. The smallest absolute Gasteiger partial charge is 0.241 e. The number of likely N-dealkylation sites (tertiary alicyclic amines) is 1. The van der Waals surface area contributed by atoms with Crippen LogP contribution in [0.3, 0.4) is 0 Å². The van der Waals surface area contributed by atoms with E-state index in [0.717, 1.165) is 19.1 Å². The van der Waals surface area contributed by atoms with E-state index in [0.29, 0.717) is 25.1 Å². The fourth-order valence-corrected chi connectivity index (χ4v) is 4.81. The number of hydrogen-bond acceptors (Lipinski definition) is 3. The maximum Gasteiger partial charge on any atom is 0.241 e. The van der Waals surface area contributed by atoms with Gasteiger partial charge in [0.05, 0.1) is 12.8 Å². The molecule has 0 spiro atoms. The van der Waals surface area contributed by atoms with Crippen LogP contribution in [0.25, 0.3) is 0 Å². The first-order valence-corrected chi connectivity index (χ1v) is 10.2. The quantitative estimate of drug-likeness (QED) is 0.833. The average molecular weight is 354 g/mol. The van der Waals surface area contributed by atoms with Gasteiger partial charge in [0, 0.05) is 19.5 Å². The number of carbonyl (C=O) groups is 1. The van der Waals surface area contributed by atoms with Crippen molar-refractivity contribution in [3.63, 3.8) is 0 Å². The molecule has 2 aliphatic heterocycles. The molecule has 1 aromatic rings. The molecule has 0 radical (unpaired) electrons. The molecular weight excluding hydrogens is 331 g/mol. The number of nitrogens with zero attached hydrogens (tertiary/aromatic N) is 2. The molecule has 132 valence electrons. The molecule has 5 nitrogen and oxygen atoms in total. The highest BCUT2D eigenvalue weighted by molar-refractivity contribution is 7.88. The van der Waals surface area contributed by atoms with Crippen LogP contribution in [0.1, 0.15) is 31.2 Å². The molecule has 2 atom stereocenters. The van der Waals surface area contributed by atoms with Crippen LogP contribution < -0.4 is 0 Å².